The van der Waals surface area contributed by atoms with Crippen molar-refractivity contribution in [3.63, 3.8) is 0 Å². The van der Waals surface area contributed by atoms with Crippen molar-refractivity contribution in [3.8, 4) is 0 Å². The maximum atomic E-state index is 2.36. The van der Waals surface area contributed by atoms with E-state index >= 15 is 0 Å². The first kappa shape index (κ1) is 14.4. The Labute approximate surface area is 157 Å². The summed E-state index contributed by atoms with van der Waals surface area (Å²) in [5.41, 5.74) is 11.0. The van der Waals surface area contributed by atoms with Crippen molar-refractivity contribution in [2.75, 3.05) is 4.90 Å². The van der Waals surface area contributed by atoms with Gasteiger partial charge >= 0.3 is 0 Å². The molecule has 0 spiro atoms. The Kier molecular flexibility index (Phi) is 2.84. The van der Waals surface area contributed by atoms with Crippen LogP contribution in [0.5, 0.6) is 0 Å². The average Bonchev–Trinajstić information content (AvgIpc) is 3.09. The van der Waals surface area contributed by atoms with Crippen LogP contribution in [0, 0.1) is 6.92 Å². The van der Waals surface area contributed by atoms with Crippen molar-refractivity contribution in [3.05, 3.63) is 105 Å². The molecule has 1 nitrogen and oxygen atoms in total. The lowest BCUT2D eigenvalue weighted by molar-refractivity contribution is 1.17. The summed E-state index contributed by atoms with van der Waals surface area (Å²) in [6, 6.07) is 8.80. The quantitative estimate of drug-likeness (QED) is 0.602. The number of thiophene rings is 1. The van der Waals surface area contributed by atoms with Gasteiger partial charge in [-0.3, -0.25) is 0 Å². The number of hydrogen-bond donors (Lipinski definition) is 0. The van der Waals surface area contributed by atoms with Crippen molar-refractivity contribution in [2.24, 2.45) is 0 Å². The topological polar surface area (TPSA) is 3.24 Å². The largest absolute Gasteiger partial charge is 0.316 e. The Balaban J connectivity index is 1.80. The van der Waals surface area contributed by atoms with Crippen molar-refractivity contribution in [1.29, 1.82) is 0 Å². The summed E-state index contributed by atoms with van der Waals surface area (Å²) in [7, 11) is 0. The molecule has 4 aliphatic rings. The summed E-state index contributed by atoms with van der Waals surface area (Å²) in [5.74, 6) is 2.35. The van der Waals surface area contributed by atoms with Crippen LogP contribution in [0.2, 0.25) is 0 Å². The minimum atomic E-state index is 0.363. The summed E-state index contributed by atoms with van der Waals surface area (Å²) in [5, 5.41) is 2.36. The van der Waals surface area contributed by atoms with Crippen LogP contribution < -0.4 is 10.4 Å². The molecule has 0 atom stereocenters. The second-order valence-corrected chi connectivity index (χ2v) is 8.11. The number of fused-ring (bicyclic) bond motifs is 9. The lowest BCUT2D eigenvalue weighted by Crippen LogP contribution is -2.39. The van der Waals surface area contributed by atoms with Crippen LogP contribution in [-0.4, -0.2) is 6.71 Å². The van der Waals surface area contributed by atoms with Crippen LogP contribution in [0.3, 0.4) is 0 Å². The molecular formula is C23H16BNS. The monoisotopic (exact) mass is 349 g/mol. The van der Waals surface area contributed by atoms with Gasteiger partial charge in [0.15, 0.2) is 0 Å². The Bertz CT molecular complexity index is 1150. The Morgan fingerprint density at radius 3 is 2.81 bits per heavy atom. The number of nitrogens with zero attached hydrogens (tertiary/aromatic N) is 1. The number of anilines is 1. The van der Waals surface area contributed by atoms with E-state index < -0.39 is 0 Å². The molecule has 0 unspecified atom stereocenters. The van der Waals surface area contributed by atoms with Gasteiger partial charge in [0.05, 0.1) is 11.4 Å². The highest BCUT2D eigenvalue weighted by Crippen LogP contribution is 2.51. The fraction of sp³-hybridized carbons (Fsp3) is 0.0435. The zero-order chi connectivity index (χ0) is 17.3. The zero-order valence-electron chi connectivity index (χ0n) is 14.4. The molecule has 122 valence electrons. The van der Waals surface area contributed by atoms with Gasteiger partial charge in [0.2, 0.25) is 6.71 Å². The molecule has 6 rings (SSSR count). The predicted octanol–water partition coefficient (Wildman–Crippen LogP) is 5.04. The van der Waals surface area contributed by atoms with E-state index in [1.54, 1.807) is 0 Å². The number of allylic oxidation sites excluding steroid dienone is 9. The van der Waals surface area contributed by atoms with Gasteiger partial charge in [-0.15, -0.1) is 17.3 Å². The van der Waals surface area contributed by atoms with E-state index in [-0.39, 0.29) is 0 Å². The molecule has 0 fully saturated rings. The van der Waals surface area contributed by atoms with E-state index in [0.717, 1.165) is 0 Å². The fourth-order valence-corrected chi connectivity index (χ4v) is 5.55. The molecule has 0 aliphatic carbocycles. The molecule has 1 aromatic carbocycles. The van der Waals surface area contributed by atoms with E-state index in [0.29, 0.717) is 6.71 Å². The SMILES string of the molecule is Cc1scc2c1C1=C3C=CC=CN3c3ccccc3C1=C1C=CC=CB12. The van der Waals surface area contributed by atoms with Crippen LogP contribution in [0.25, 0.3) is 11.1 Å². The average molecular weight is 349 g/mol. The molecule has 26 heavy (non-hydrogen) atoms. The highest BCUT2D eigenvalue weighted by molar-refractivity contribution is 7.12. The minimum Gasteiger partial charge on any atom is -0.316 e. The molecule has 0 amide bonds. The highest BCUT2D eigenvalue weighted by atomic mass is 32.1. The molecule has 0 radical (unpaired) electrons. The lowest BCUT2D eigenvalue weighted by Gasteiger charge is -2.39. The number of rotatable bonds is 0. The number of benzene rings is 1. The first-order valence-electron chi connectivity index (χ1n) is 9.00. The standard InChI is InChI=1S/C23H16BNS/c1-15-21-18(14-26-15)24-12-6-4-9-17(24)22-16-8-2-3-10-19(16)25-13-7-5-11-20(25)23(21)22/h2-14H,1H3. The molecule has 0 bridgehead atoms. The molecule has 5 heterocycles. The van der Waals surface area contributed by atoms with E-state index in [9.17, 15) is 0 Å². The van der Waals surface area contributed by atoms with Gasteiger partial charge < -0.3 is 4.90 Å². The van der Waals surface area contributed by atoms with Crippen LogP contribution in [0.15, 0.2) is 89.4 Å². The smallest absolute Gasteiger partial charge is 0.236 e. The van der Waals surface area contributed by atoms with Crippen LogP contribution in [0.4, 0.5) is 5.69 Å². The van der Waals surface area contributed by atoms with E-state index in [2.05, 4.69) is 90.1 Å². The van der Waals surface area contributed by atoms with Gasteiger partial charge in [-0.2, -0.15) is 0 Å². The van der Waals surface area contributed by atoms with Gasteiger partial charge in [0.25, 0.3) is 0 Å². The number of aryl methyl sites for hydroxylation is 1. The first-order valence-corrected chi connectivity index (χ1v) is 9.88. The minimum absolute atomic E-state index is 0.363. The van der Waals surface area contributed by atoms with E-state index in [1.807, 2.05) is 11.3 Å². The maximum absolute atomic E-state index is 2.36. The second kappa shape index (κ2) is 5.12. The first-order chi connectivity index (χ1) is 12.8. The Morgan fingerprint density at radius 2 is 1.85 bits per heavy atom. The van der Waals surface area contributed by atoms with Gasteiger partial charge in [-0.1, -0.05) is 53.4 Å². The Hall–Kier alpha value is -2.78. The van der Waals surface area contributed by atoms with Gasteiger partial charge in [-0.05, 0) is 41.7 Å². The van der Waals surface area contributed by atoms with E-state index in [4.69, 9.17) is 0 Å². The van der Waals surface area contributed by atoms with Crippen molar-refractivity contribution in [1.82, 2.24) is 0 Å². The van der Waals surface area contributed by atoms with Crippen LogP contribution in [0.1, 0.15) is 16.0 Å². The molecule has 2 aromatic rings. The van der Waals surface area contributed by atoms with Gasteiger partial charge in [0.1, 0.15) is 0 Å². The second-order valence-electron chi connectivity index (χ2n) is 7.02. The zero-order valence-corrected chi connectivity index (χ0v) is 15.3. The van der Waals surface area contributed by atoms with Crippen molar-refractivity contribution in [2.45, 2.75) is 6.92 Å². The number of para-hydroxylation sites is 1. The predicted molar refractivity (Wildman–Crippen MR) is 114 cm³/mol. The summed E-state index contributed by atoms with van der Waals surface area (Å²) in [6.07, 6.45) is 15.4. The normalized spacial score (nSPS) is 18.7. The number of hydrogen-bond acceptors (Lipinski definition) is 2. The highest BCUT2D eigenvalue weighted by Gasteiger charge is 2.39. The molecule has 1 aromatic heterocycles. The van der Waals surface area contributed by atoms with Gasteiger partial charge in [0, 0.05) is 22.2 Å². The third kappa shape index (κ3) is 1.71. The Morgan fingerprint density at radius 1 is 0.962 bits per heavy atom. The maximum Gasteiger partial charge on any atom is 0.236 e. The molecule has 3 heteroatoms. The molecule has 4 aliphatic heterocycles. The van der Waals surface area contributed by atoms with E-state index in [1.165, 1.54) is 49.5 Å². The summed E-state index contributed by atoms with van der Waals surface area (Å²) < 4.78 is 0. The molecule has 0 saturated heterocycles. The summed E-state index contributed by atoms with van der Waals surface area (Å²) >= 11 is 1.87. The molecular weight excluding hydrogens is 333 g/mol. The fourth-order valence-electron chi connectivity index (χ4n) is 4.64. The molecule has 0 saturated carbocycles. The van der Waals surface area contributed by atoms with Crippen LogP contribution >= 0.6 is 11.3 Å². The summed E-state index contributed by atoms with van der Waals surface area (Å²) in [6.45, 7) is 2.62. The van der Waals surface area contributed by atoms with Crippen molar-refractivity contribution < 1.29 is 0 Å². The van der Waals surface area contributed by atoms with Crippen LogP contribution in [-0.2, 0) is 0 Å². The lowest BCUT2D eigenvalue weighted by atomic mass is 9.35. The third-order valence-corrected chi connectivity index (χ3v) is 6.63. The van der Waals surface area contributed by atoms with Crippen molar-refractivity contribution >= 4 is 40.3 Å². The van der Waals surface area contributed by atoms with Gasteiger partial charge in [-0.25, -0.2) is 0 Å². The third-order valence-electron chi connectivity index (χ3n) is 5.70. The summed E-state index contributed by atoms with van der Waals surface area (Å²) in [4.78, 5) is 3.75. The molecule has 0 N–H and O–H groups in total.